The second-order valence-corrected chi connectivity index (χ2v) is 4.77. The zero-order valence-corrected chi connectivity index (χ0v) is 12.0. The Morgan fingerprint density at radius 3 is 2.65 bits per heavy atom. The van der Waals surface area contributed by atoms with Gasteiger partial charge >= 0.3 is 0 Å². The maximum Gasteiger partial charge on any atom is 0.251 e. The number of benzene rings is 1. The van der Waals surface area contributed by atoms with Crippen LogP contribution in [0.5, 0.6) is 0 Å². The van der Waals surface area contributed by atoms with Gasteiger partial charge in [-0.1, -0.05) is 0 Å². The molecular weight excluding hydrogens is 254 g/mol. The number of fused-ring (bicyclic) bond motifs is 1. The number of carbonyl (C=O) groups is 2. The first-order valence-electron chi connectivity index (χ1n) is 6.66. The number of hydrogen-bond donors (Lipinski definition) is 3. The smallest absolute Gasteiger partial charge is 0.251 e. The number of likely N-dealkylation sites (N-methyl/N-ethyl adjacent to an activating group) is 1. The van der Waals surface area contributed by atoms with Crippen molar-refractivity contribution < 1.29 is 9.59 Å². The van der Waals surface area contributed by atoms with Crippen molar-refractivity contribution in [2.45, 2.75) is 20.8 Å². The van der Waals surface area contributed by atoms with Gasteiger partial charge < -0.3 is 15.6 Å². The van der Waals surface area contributed by atoms with Gasteiger partial charge in [-0.05, 0) is 44.5 Å². The van der Waals surface area contributed by atoms with Gasteiger partial charge in [-0.25, -0.2) is 0 Å². The van der Waals surface area contributed by atoms with E-state index < -0.39 is 0 Å². The average molecular weight is 273 g/mol. The topological polar surface area (TPSA) is 74.0 Å². The van der Waals surface area contributed by atoms with E-state index in [0.717, 1.165) is 22.2 Å². The second kappa shape index (κ2) is 5.77. The summed E-state index contributed by atoms with van der Waals surface area (Å²) in [6.07, 6.45) is 0. The number of H-pyrrole nitrogens is 1. The van der Waals surface area contributed by atoms with E-state index in [9.17, 15) is 9.59 Å². The summed E-state index contributed by atoms with van der Waals surface area (Å²) in [5.41, 5.74) is 3.81. The fraction of sp³-hybridized carbons (Fsp3) is 0.333. The highest BCUT2D eigenvalue weighted by atomic mass is 16.2. The van der Waals surface area contributed by atoms with Gasteiger partial charge in [-0.2, -0.15) is 0 Å². The molecule has 1 aromatic heterocycles. The van der Waals surface area contributed by atoms with Gasteiger partial charge in [0.25, 0.3) is 5.91 Å². The Morgan fingerprint density at radius 1 is 1.20 bits per heavy atom. The number of aryl methyl sites for hydroxylation is 2. The van der Waals surface area contributed by atoms with Crippen molar-refractivity contribution in [3.63, 3.8) is 0 Å². The predicted octanol–water partition coefficient (Wildman–Crippen LogP) is 1.65. The molecule has 1 aromatic carbocycles. The standard InChI is InChI=1S/C15H19N3O2/c1-4-16-14(19)8-17-15(20)11-5-6-13-12(7-11)9(2)10(3)18-13/h5-7,18H,4,8H2,1-3H3,(H,16,19)(H,17,20). The minimum atomic E-state index is -0.239. The number of hydrogen-bond acceptors (Lipinski definition) is 2. The third kappa shape index (κ3) is 2.82. The van der Waals surface area contributed by atoms with Crippen LogP contribution in [0.2, 0.25) is 0 Å². The molecule has 0 atom stereocenters. The Hall–Kier alpha value is -2.30. The van der Waals surface area contributed by atoms with Gasteiger partial charge in [0.2, 0.25) is 5.91 Å². The van der Waals surface area contributed by atoms with E-state index in [1.165, 1.54) is 0 Å². The van der Waals surface area contributed by atoms with Gasteiger partial charge in [0.1, 0.15) is 0 Å². The van der Waals surface area contributed by atoms with Crippen LogP contribution in [0.25, 0.3) is 10.9 Å². The summed E-state index contributed by atoms with van der Waals surface area (Å²) in [4.78, 5) is 26.6. The average Bonchev–Trinajstić information content (AvgIpc) is 2.71. The predicted molar refractivity (Wildman–Crippen MR) is 78.8 cm³/mol. The molecule has 0 aliphatic rings. The van der Waals surface area contributed by atoms with Crippen LogP contribution < -0.4 is 10.6 Å². The Morgan fingerprint density at radius 2 is 1.95 bits per heavy atom. The Kier molecular flexibility index (Phi) is 4.08. The van der Waals surface area contributed by atoms with Crippen LogP contribution >= 0.6 is 0 Å². The molecule has 2 amide bonds. The summed E-state index contributed by atoms with van der Waals surface area (Å²) in [6, 6.07) is 5.49. The number of aromatic nitrogens is 1. The number of aromatic amines is 1. The third-order valence-corrected chi connectivity index (χ3v) is 3.35. The van der Waals surface area contributed by atoms with Crippen LogP contribution in [0.15, 0.2) is 18.2 Å². The Bertz CT molecular complexity index is 658. The van der Waals surface area contributed by atoms with Crippen molar-refractivity contribution in [1.29, 1.82) is 0 Å². The molecule has 20 heavy (non-hydrogen) atoms. The lowest BCUT2D eigenvalue weighted by molar-refractivity contribution is -0.120. The number of rotatable bonds is 4. The summed E-state index contributed by atoms with van der Waals surface area (Å²) in [5, 5.41) is 6.28. The molecule has 0 radical (unpaired) electrons. The minimum Gasteiger partial charge on any atom is -0.358 e. The molecule has 0 saturated heterocycles. The van der Waals surface area contributed by atoms with Crippen molar-refractivity contribution in [2.75, 3.05) is 13.1 Å². The molecule has 3 N–H and O–H groups in total. The normalized spacial score (nSPS) is 10.6. The van der Waals surface area contributed by atoms with E-state index in [4.69, 9.17) is 0 Å². The molecule has 0 aliphatic carbocycles. The van der Waals surface area contributed by atoms with Crippen LogP contribution in [-0.4, -0.2) is 29.9 Å². The Labute approximate surface area is 117 Å². The fourth-order valence-electron chi connectivity index (χ4n) is 2.12. The van der Waals surface area contributed by atoms with E-state index in [2.05, 4.69) is 15.6 Å². The highest BCUT2D eigenvalue weighted by Gasteiger charge is 2.10. The van der Waals surface area contributed by atoms with E-state index in [-0.39, 0.29) is 18.4 Å². The van der Waals surface area contributed by atoms with Gasteiger partial charge in [-0.15, -0.1) is 0 Å². The Balaban J connectivity index is 2.14. The SMILES string of the molecule is CCNC(=O)CNC(=O)c1ccc2[nH]c(C)c(C)c2c1. The first kappa shape index (κ1) is 14.1. The lowest BCUT2D eigenvalue weighted by atomic mass is 10.1. The maximum absolute atomic E-state index is 12.0. The molecule has 0 spiro atoms. The van der Waals surface area contributed by atoms with Crippen molar-refractivity contribution in [3.8, 4) is 0 Å². The molecule has 106 valence electrons. The van der Waals surface area contributed by atoms with Gasteiger partial charge in [0.05, 0.1) is 6.54 Å². The van der Waals surface area contributed by atoms with Crippen molar-refractivity contribution in [2.24, 2.45) is 0 Å². The van der Waals surface area contributed by atoms with Gasteiger partial charge in [0.15, 0.2) is 0 Å². The lowest BCUT2D eigenvalue weighted by Gasteiger charge is -2.05. The second-order valence-electron chi connectivity index (χ2n) is 4.77. The van der Waals surface area contributed by atoms with Crippen LogP contribution in [0, 0.1) is 13.8 Å². The molecule has 0 bridgehead atoms. The molecule has 2 aromatic rings. The zero-order chi connectivity index (χ0) is 14.7. The van der Waals surface area contributed by atoms with Crippen LogP contribution in [0.1, 0.15) is 28.5 Å². The van der Waals surface area contributed by atoms with Gasteiger partial charge in [-0.3, -0.25) is 9.59 Å². The van der Waals surface area contributed by atoms with Crippen LogP contribution in [0.3, 0.4) is 0 Å². The molecule has 2 rings (SSSR count). The van der Waals surface area contributed by atoms with Crippen molar-refractivity contribution in [3.05, 3.63) is 35.0 Å². The molecular formula is C15H19N3O2. The first-order valence-corrected chi connectivity index (χ1v) is 6.66. The zero-order valence-electron chi connectivity index (χ0n) is 12.0. The van der Waals surface area contributed by atoms with Crippen LogP contribution in [0.4, 0.5) is 0 Å². The molecule has 0 unspecified atom stereocenters. The largest absolute Gasteiger partial charge is 0.358 e. The van der Waals surface area contributed by atoms with E-state index in [0.29, 0.717) is 12.1 Å². The fourth-order valence-corrected chi connectivity index (χ4v) is 2.12. The number of amides is 2. The van der Waals surface area contributed by atoms with Gasteiger partial charge in [0, 0.05) is 28.7 Å². The van der Waals surface area contributed by atoms with Crippen molar-refractivity contribution >= 4 is 22.7 Å². The monoisotopic (exact) mass is 273 g/mol. The summed E-state index contributed by atoms with van der Waals surface area (Å²) in [7, 11) is 0. The van der Waals surface area contributed by atoms with E-state index in [1.807, 2.05) is 32.9 Å². The highest BCUT2D eigenvalue weighted by Crippen LogP contribution is 2.22. The summed E-state index contributed by atoms with van der Waals surface area (Å²) < 4.78 is 0. The highest BCUT2D eigenvalue weighted by molar-refractivity contribution is 6.00. The maximum atomic E-state index is 12.0. The summed E-state index contributed by atoms with van der Waals surface area (Å²) in [5.74, 6) is -0.424. The summed E-state index contributed by atoms with van der Waals surface area (Å²) >= 11 is 0. The third-order valence-electron chi connectivity index (χ3n) is 3.35. The molecule has 0 aliphatic heterocycles. The van der Waals surface area contributed by atoms with E-state index >= 15 is 0 Å². The number of nitrogens with one attached hydrogen (secondary N) is 3. The molecule has 1 heterocycles. The quantitative estimate of drug-likeness (QED) is 0.792. The molecule has 0 fully saturated rings. The first-order chi connectivity index (χ1) is 9.52. The van der Waals surface area contributed by atoms with E-state index in [1.54, 1.807) is 6.07 Å². The molecule has 0 saturated carbocycles. The van der Waals surface area contributed by atoms with Crippen molar-refractivity contribution in [1.82, 2.24) is 15.6 Å². The summed E-state index contributed by atoms with van der Waals surface area (Å²) in [6.45, 7) is 6.41. The lowest BCUT2D eigenvalue weighted by Crippen LogP contribution is -2.36. The molecule has 5 heteroatoms. The van der Waals surface area contributed by atoms with Crippen LogP contribution in [-0.2, 0) is 4.79 Å². The number of carbonyl (C=O) groups excluding carboxylic acids is 2. The molecule has 5 nitrogen and oxygen atoms in total. The minimum absolute atomic E-state index is 0.00411.